The van der Waals surface area contributed by atoms with Crippen LogP contribution >= 0.6 is 0 Å². The van der Waals surface area contributed by atoms with Crippen molar-refractivity contribution < 1.29 is 0 Å². The van der Waals surface area contributed by atoms with Gasteiger partial charge in [0.1, 0.15) is 0 Å². The molecule has 5 nitrogen and oxygen atoms in total. The molecule has 288 valence electrons. The van der Waals surface area contributed by atoms with Crippen LogP contribution in [0.2, 0.25) is 0 Å². The Labute approximate surface area is 339 Å². The van der Waals surface area contributed by atoms with Crippen molar-refractivity contribution >= 4 is 0 Å². The van der Waals surface area contributed by atoms with Crippen LogP contribution in [0.5, 0.6) is 0 Å². The summed E-state index contributed by atoms with van der Waals surface area (Å²) in [5.41, 5.74) is 9.09. The Balaban J connectivity index is 1.09. The second kappa shape index (κ2) is 15.0. The third-order valence-electron chi connectivity index (χ3n) is 14.5. The molecule has 0 N–H and O–H groups in total. The summed E-state index contributed by atoms with van der Waals surface area (Å²) in [6.45, 7) is 9.74. The maximum Gasteiger partial charge on any atom is 0.164 e. The number of hydrogen-bond acceptors (Lipinski definition) is 5. The first-order valence-electron chi connectivity index (χ1n) is 21.7. The molecule has 0 aliphatic heterocycles. The van der Waals surface area contributed by atoms with Gasteiger partial charge in [0, 0.05) is 16.7 Å². The standard InChI is InChI=1S/C52H55N5/c1-5-36-21-38-20-35(4)27-52(28-36,30-38)47-16-12-44(13-17-47)50-56-48(42-8-6-41(7-9-42)45-23-39(31-53)22-40(24-45)32-54)55-49(57-50)43-10-14-46(15-11-43)51-25-33(2)18-37(29-51)19-34(3)26-51/h6-17,22-24,33-38H,5,18-21,25-30H2,1-4H3/t33-,34?,35+,36-,37?,38+,51?,52?/m0/s1. The maximum atomic E-state index is 9.57. The molecular formula is C52H55N5. The molecular weight excluding hydrogens is 695 g/mol. The predicted molar refractivity (Wildman–Crippen MR) is 229 cm³/mol. The molecule has 57 heavy (non-hydrogen) atoms. The van der Waals surface area contributed by atoms with E-state index in [4.69, 9.17) is 15.0 Å². The zero-order valence-electron chi connectivity index (χ0n) is 34.1. The van der Waals surface area contributed by atoms with Crippen molar-refractivity contribution in [1.29, 1.82) is 10.5 Å². The van der Waals surface area contributed by atoms with E-state index in [1.54, 1.807) is 6.07 Å². The van der Waals surface area contributed by atoms with Crippen LogP contribution < -0.4 is 0 Å². The van der Waals surface area contributed by atoms with Gasteiger partial charge in [-0.1, -0.05) is 107 Å². The first kappa shape index (κ1) is 37.4. The lowest BCUT2D eigenvalue weighted by Crippen LogP contribution is -2.42. The van der Waals surface area contributed by atoms with Crippen LogP contribution in [0.1, 0.15) is 121 Å². The predicted octanol–water partition coefficient (Wildman–Crippen LogP) is 12.9. The minimum absolute atomic E-state index is 0.267. The molecule has 0 saturated heterocycles. The van der Waals surface area contributed by atoms with E-state index in [9.17, 15) is 10.5 Å². The third kappa shape index (κ3) is 7.32. The van der Waals surface area contributed by atoms with Gasteiger partial charge in [-0.25, -0.2) is 15.0 Å². The summed E-state index contributed by atoms with van der Waals surface area (Å²) in [6.07, 6.45) is 14.5. The number of fused-ring (bicyclic) bond motifs is 4. The van der Waals surface area contributed by atoms with E-state index in [1.165, 1.54) is 81.8 Å². The zero-order valence-corrected chi connectivity index (χ0v) is 34.1. The highest BCUT2D eigenvalue weighted by atomic mass is 15.0. The van der Waals surface area contributed by atoms with Crippen molar-refractivity contribution in [2.75, 3.05) is 0 Å². The van der Waals surface area contributed by atoms with E-state index >= 15 is 0 Å². The maximum absolute atomic E-state index is 9.57. The minimum atomic E-state index is 0.267. The van der Waals surface area contributed by atoms with E-state index in [2.05, 4.69) is 88.4 Å². The second-order valence-electron chi connectivity index (χ2n) is 19.1. The van der Waals surface area contributed by atoms with Gasteiger partial charge in [0.05, 0.1) is 23.3 Å². The molecule has 9 rings (SSSR count). The lowest BCUT2D eigenvalue weighted by Gasteiger charge is -2.51. The monoisotopic (exact) mass is 749 g/mol. The van der Waals surface area contributed by atoms with Gasteiger partial charge in [-0.2, -0.15) is 10.5 Å². The summed E-state index contributed by atoms with van der Waals surface area (Å²) in [6, 6.07) is 36.2. The SMILES string of the molecule is CC[C@H]1C[C@H]2C[C@@H](C)CC(c3ccc(-c4nc(-c5ccc(-c6cc(C#N)cc(C#N)c6)cc5)nc(-c5ccc(C67CC(C)CC(C[C@H](C)C6)C7)cc5)n4)cc3)(C2)C1. The molecule has 4 aliphatic carbocycles. The van der Waals surface area contributed by atoms with Crippen molar-refractivity contribution in [3.63, 3.8) is 0 Å². The van der Waals surface area contributed by atoms with Crippen LogP contribution in [0.3, 0.4) is 0 Å². The molecule has 4 aromatic carbocycles. The van der Waals surface area contributed by atoms with Gasteiger partial charge in [0.15, 0.2) is 17.5 Å². The largest absolute Gasteiger partial charge is 0.208 e. The number of aromatic nitrogens is 3. The Morgan fingerprint density at radius 2 is 0.877 bits per heavy atom. The smallest absolute Gasteiger partial charge is 0.164 e. The van der Waals surface area contributed by atoms with E-state index < -0.39 is 0 Å². The highest BCUT2D eigenvalue weighted by molar-refractivity contribution is 5.72. The molecule has 4 fully saturated rings. The molecule has 0 spiro atoms. The van der Waals surface area contributed by atoms with Crippen molar-refractivity contribution in [2.24, 2.45) is 35.5 Å². The molecule has 0 amide bonds. The Bertz CT molecular complexity index is 2290. The van der Waals surface area contributed by atoms with E-state index in [-0.39, 0.29) is 10.8 Å². The highest BCUT2D eigenvalue weighted by Crippen LogP contribution is 2.56. The van der Waals surface area contributed by atoms with Crippen LogP contribution in [0.15, 0.2) is 91.0 Å². The average molecular weight is 750 g/mol. The number of benzene rings is 4. The Hall–Kier alpha value is -5.13. The number of nitriles is 2. The third-order valence-corrected chi connectivity index (χ3v) is 14.5. The molecule has 1 heterocycles. The molecule has 1 aromatic heterocycles. The van der Waals surface area contributed by atoms with Gasteiger partial charge >= 0.3 is 0 Å². The lowest BCUT2D eigenvalue weighted by atomic mass is 9.54. The minimum Gasteiger partial charge on any atom is -0.208 e. The van der Waals surface area contributed by atoms with Crippen molar-refractivity contribution in [3.05, 3.63) is 113 Å². The van der Waals surface area contributed by atoms with Gasteiger partial charge in [-0.05, 0) is 151 Å². The molecule has 4 bridgehead atoms. The van der Waals surface area contributed by atoms with Crippen LogP contribution in [-0.4, -0.2) is 15.0 Å². The van der Waals surface area contributed by atoms with E-state index in [0.717, 1.165) is 63.3 Å². The summed E-state index contributed by atoms with van der Waals surface area (Å²) in [5.74, 6) is 6.77. The zero-order chi connectivity index (χ0) is 39.3. The Kier molecular flexibility index (Phi) is 9.85. The van der Waals surface area contributed by atoms with Gasteiger partial charge in [-0.3, -0.25) is 0 Å². The summed E-state index contributed by atoms with van der Waals surface area (Å²) in [5, 5.41) is 19.1. The van der Waals surface area contributed by atoms with Crippen LogP contribution in [0.4, 0.5) is 0 Å². The number of nitrogens with zero attached hydrogens (tertiary/aromatic N) is 5. The first-order valence-corrected chi connectivity index (χ1v) is 21.7. The van der Waals surface area contributed by atoms with Gasteiger partial charge < -0.3 is 0 Å². The fourth-order valence-electron chi connectivity index (χ4n) is 12.7. The van der Waals surface area contributed by atoms with E-state index in [1.807, 2.05) is 36.4 Å². The molecule has 4 saturated carbocycles. The molecule has 0 radical (unpaired) electrons. The van der Waals surface area contributed by atoms with Crippen molar-refractivity contribution in [2.45, 2.75) is 109 Å². The summed E-state index contributed by atoms with van der Waals surface area (Å²) >= 11 is 0. The summed E-state index contributed by atoms with van der Waals surface area (Å²) in [7, 11) is 0. The average Bonchev–Trinajstić information content (AvgIpc) is 3.22. The topological polar surface area (TPSA) is 86.2 Å². The summed E-state index contributed by atoms with van der Waals surface area (Å²) < 4.78 is 0. The van der Waals surface area contributed by atoms with Crippen LogP contribution in [0, 0.1) is 58.2 Å². The highest BCUT2D eigenvalue weighted by Gasteiger charge is 2.46. The quantitative estimate of drug-likeness (QED) is 0.165. The fraction of sp³-hybridized carbons (Fsp3) is 0.442. The second-order valence-corrected chi connectivity index (χ2v) is 19.1. The molecule has 5 heteroatoms. The number of hydrogen-bond donors (Lipinski definition) is 0. The first-order chi connectivity index (χ1) is 27.6. The lowest BCUT2D eigenvalue weighted by molar-refractivity contribution is 0.0702. The van der Waals surface area contributed by atoms with Crippen LogP contribution in [0.25, 0.3) is 45.3 Å². The molecule has 4 aliphatic rings. The van der Waals surface area contributed by atoms with Crippen molar-refractivity contribution in [3.8, 4) is 57.4 Å². The fourth-order valence-corrected chi connectivity index (χ4v) is 12.7. The van der Waals surface area contributed by atoms with Gasteiger partial charge in [-0.15, -0.1) is 0 Å². The van der Waals surface area contributed by atoms with Gasteiger partial charge in [0.2, 0.25) is 0 Å². The van der Waals surface area contributed by atoms with Gasteiger partial charge in [0.25, 0.3) is 0 Å². The molecule has 4 unspecified atom stereocenters. The van der Waals surface area contributed by atoms with E-state index in [0.29, 0.717) is 28.6 Å². The molecule has 8 atom stereocenters. The Morgan fingerprint density at radius 3 is 1.30 bits per heavy atom. The van der Waals surface area contributed by atoms with Crippen molar-refractivity contribution in [1.82, 2.24) is 15.0 Å². The Morgan fingerprint density at radius 1 is 0.491 bits per heavy atom. The number of rotatable bonds is 7. The summed E-state index contributed by atoms with van der Waals surface area (Å²) in [4.78, 5) is 15.5. The van der Waals surface area contributed by atoms with Crippen LogP contribution in [-0.2, 0) is 10.8 Å². The molecule has 5 aromatic rings. The normalized spacial score (nSPS) is 29.2.